The van der Waals surface area contributed by atoms with E-state index in [9.17, 15) is 13.2 Å². The van der Waals surface area contributed by atoms with Gasteiger partial charge in [-0.05, 0) is 24.3 Å². The highest BCUT2D eigenvalue weighted by molar-refractivity contribution is 7.91. The number of furan rings is 1. The fourth-order valence-electron chi connectivity index (χ4n) is 1.60. The first-order valence-corrected chi connectivity index (χ1v) is 7.23. The van der Waals surface area contributed by atoms with E-state index in [4.69, 9.17) is 9.15 Å². The monoisotopic (exact) mass is 268 g/mol. The van der Waals surface area contributed by atoms with Gasteiger partial charge in [0, 0.05) is 11.6 Å². The van der Waals surface area contributed by atoms with Gasteiger partial charge in [0.2, 0.25) is 5.78 Å². The summed E-state index contributed by atoms with van der Waals surface area (Å²) in [4.78, 5) is 11.7. The van der Waals surface area contributed by atoms with Crippen molar-refractivity contribution in [1.82, 2.24) is 0 Å². The van der Waals surface area contributed by atoms with E-state index in [1.807, 2.05) is 0 Å². The van der Waals surface area contributed by atoms with Crippen molar-refractivity contribution in [3.05, 3.63) is 30.0 Å². The zero-order valence-corrected chi connectivity index (χ0v) is 10.8. The number of methoxy groups -OCH3 is 1. The summed E-state index contributed by atoms with van der Waals surface area (Å²) in [5, 5.41) is 0.700. The molecule has 0 aliphatic heterocycles. The van der Waals surface area contributed by atoms with E-state index in [1.54, 1.807) is 18.2 Å². The molecule has 2 aromatic rings. The van der Waals surface area contributed by atoms with Crippen molar-refractivity contribution >= 4 is 26.6 Å². The number of hydrogen-bond donors (Lipinski definition) is 0. The van der Waals surface area contributed by atoms with E-state index in [0.29, 0.717) is 16.7 Å². The fourth-order valence-corrected chi connectivity index (χ4v) is 2.21. The highest BCUT2D eigenvalue weighted by Crippen LogP contribution is 2.24. The van der Waals surface area contributed by atoms with Crippen LogP contribution in [0.25, 0.3) is 11.0 Å². The van der Waals surface area contributed by atoms with Gasteiger partial charge in [0.05, 0.1) is 7.11 Å². The molecule has 0 atom stereocenters. The number of carbonyl (C=O) groups excluding carboxylic acids is 1. The number of sulfone groups is 1. The highest BCUT2D eigenvalue weighted by Gasteiger charge is 2.17. The molecule has 1 heterocycles. The van der Waals surface area contributed by atoms with Crippen LogP contribution in [0.2, 0.25) is 0 Å². The van der Waals surface area contributed by atoms with Crippen molar-refractivity contribution in [3.8, 4) is 5.75 Å². The van der Waals surface area contributed by atoms with Gasteiger partial charge in [-0.25, -0.2) is 8.42 Å². The van der Waals surface area contributed by atoms with Gasteiger partial charge in [0.25, 0.3) is 0 Å². The second kappa shape index (κ2) is 4.45. The Hall–Kier alpha value is -1.82. The predicted molar refractivity (Wildman–Crippen MR) is 66.8 cm³/mol. The molecule has 0 aliphatic carbocycles. The van der Waals surface area contributed by atoms with Gasteiger partial charge in [0.1, 0.15) is 17.1 Å². The minimum atomic E-state index is -3.36. The number of fused-ring (bicyclic) bond motifs is 1. The largest absolute Gasteiger partial charge is 0.497 e. The first-order valence-electron chi connectivity index (χ1n) is 5.17. The number of ketones is 1. The third-order valence-corrected chi connectivity index (χ3v) is 3.18. The van der Waals surface area contributed by atoms with E-state index < -0.39 is 21.4 Å². The van der Waals surface area contributed by atoms with Crippen LogP contribution >= 0.6 is 0 Å². The van der Waals surface area contributed by atoms with Crippen LogP contribution < -0.4 is 4.74 Å². The Bertz CT molecular complexity index is 696. The van der Waals surface area contributed by atoms with Gasteiger partial charge in [-0.2, -0.15) is 0 Å². The third kappa shape index (κ3) is 2.70. The third-order valence-electron chi connectivity index (χ3n) is 2.39. The molecule has 0 saturated carbocycles. The lowest BCUT2D eigenvalue weighted by Crippen LogP contribution is -2.13. The molecular weight excluding hydrogens is 256 g/mol. The highest BCUT2D eigenvalue weighted by atomic mass is 32.2. The standard InChI is InChI=1S/C12H12O5S/c1-16-9-3-4-11-8(5-9)6-12(17-11)10(13)7-18(2,14)15/h3-6H,7H2,1-2H3. The summed E-state index contributed by atoms with van der Waals surface area (Å²) in [7, 11) is -1.82. The lowest BCUT2D eigenvalue weighted by molar-refractivity contribution is 0.0993. The Morgan fingerprint density at radius 3 is 2.67 bits per heavy atom. The molecule has 0 N–H and O–H groups in total. The molecular formula is C12H12O5S. The molecule has 0 amide bonds. The van der Waals surface area contributed by atoms with Crippen molar-refractivity contribution < 1.29 is 22.4 Å². The number of ether oxygens (including phenoxy) is 1. The molecule has 0 bridgehead atoms. The second-order valence-corrected chi connectivity index (χ2v) is 6.15. The van der Waals surface area contributed by atoms with Crippen molar-refractivity contribution in [2.75, 3.05) is 19.1 Å². The van der Waals surface area contributed by atoms with Crippen molar-refractivity contribution in [2.45, 2.75) is 0 Å². The van der Waals surface area contributed by atoms with Crippen molar-refractivity contribution in [1.29, 1.82) is 0 Å². The van der Waals surface area contributed by atoms with E-state index in [2.05, 4.69) is 0 Å². The van der Waals surface area contributed by atoms with Crippen molar-refractivity contribution in [2.24, 2.45) is 0 Å². The summed E-state index contributed by atoms with van der Waals surface area (Å²) in [6.45, 7) is 0. The van der Waals surface area contributed by atoms with Gasteiger partial charge in [-0.15, -0.1) is 0 Å². The Kier molecular flexibility index (Phi) is 3.13. The van der Waals surface area contributed by atoms with E-state index in [-0.39, 0.29) is 5.76 Å². The molecule has 0 fully saturated rings. The van der Waals surface area contributed by atoms with Crippen LogP contribution in [0.3, 0.4) is 0 Å². The molecule has 0 radical (unpaired) electrons. The predicted octanol–water partition coefficient (Wildman–Crippen LogP) is 1.67. The van der Waals surface area contributed by atoms with Crippen LogP contribution in [-0.4, -0.2) is 33.3 Å². The molecule has 6 heteroatoms. The summed E-state index contributed by atoms with van der Waals surface area (Å²) in [5.41, 5.74) is 0.521. The summed E-state index contributed by atoms with van der Waals surface area (Å²) >= 11 is 0. The van der Waals surface area contributed by atoms with Crippen LogP contribution in [0.4, 0.5) is 0 Å². The number of hydrogen-bond acceptors (Lipinski definition) is 5. The Labute approximate surface area is 104 Å². The molecule has 1 aromatic heterocycles. The van der Waals surface area contributed by atoms with Crippen LogP contribution in [0.5, 0.6) is 5.75 Å². The van der Waals surface area contributed by atoms with E-state index in [1.165, 1.54) is 13.2 Å². The molecule has 1 aromatic carbocycles. The lowest BCUT2D eigenvalue weighted by atomic mass is 10.2. The summed E-state index contributed by atoms with van der Waals surface area (Å²) in [6.07, 6.45) is 1.01. The van der Waals surface area contributed by atoms with Crippen LogP contribution in [-0.2, 0) is 9.84 Å². The Morgan fingerprint density at radius 1 is 1.33 bits per heavy atom. The number of benzene rings is 1. The van der Waals surface area contributed by atoms with Gasteiger partial charge >= 0.3 is 0 Å². The maximum absolute atomic E-state index is 11.7. The van der Waals surface area contributed by atoms with Gasteiger partial charge in [0.15, 0.2) is 15.6 Å². The van der Waals surface area contributed by atoms with Gasteiger partial charge in [-0.1, -0.05) is 0 Å². The smallest absolute Gasteiger partial charge is 0.212 e. The first kappa shape index (κ1) is 12.6. The van der Waals surface area contributed by atoms with Crippen LogP contribution in [0.1, 0.15) is 10.6 Å². The Morgan fingerprint density at radius 2 is 2.06 bits per heavy atom. The van der Waals surface area contributed by atoms with Crippen molar-refractivity contribution in [3.63, 3.8) is 0 Å². The molecule has 5 nitrogen and oxygen atoms in total. The maximum atomic E-state index is 11.7. The molecule has 0 aliphatic rings. The SMILES string of the molecule is COc1ccc2oc(C(=O)CS(C)(=O)=O)cc2c1. The minimum absolute atomic E-state index is 0.0451. The van der Waals surface area contributed by atoms with Gasteiger partial charge < -0.3 is 9.15 Å². The topological polar surface area (TPSA) is 73.6 Å². The first-order chi connectivity index (χ1) is 8.39. The molecule has 96 valence electrons. The zero-order chi connectivity index (χ0) is 13.3. The fraction of sp³-hybridized carbons (Fsp3) is 0.250. The molecule has 18 heavy (non-hydrogen) atoms. The summed E-state index contributed by atoms with van der Waals surface area (Å²) < 4.78 is 32.5. The zero-order valence-electron chi connectivity index (χ0n) is 9.97. The van der Waals surface area contributed by atoms with Gasteiger partial charge in [-0.3, -0.25) is 4.79 Å². The summed E-state index contributed by atoms with van der Waals surface area (Å²) in [5.74, 6) is -0.411. The van der Waals surface area contributed by atoms with E-state index in [0.717, 1.165) is 6.26 Å². The number of carbonyl (C=O) groups is 1. The molecule has 2 rings (SSSR count). The van der Waals surface area contributed by atoms with E-state index >= 15 is 0 Å². The maximum Gasteiger partial charge on any atom is 0.212 e. The lowest BCUT2D eigenvalue weighted by Gasteiger charge is -1.96. The molecule has 0 saturated heterocycles. The summed E-state index contributed by atoms with van der Waals surface area (Å²) in [6, 6.07) is 6.61. The average Bonchev–Trinajstić information content (AvgIpc) is 2.69. The molecule has 0 unspecified atom stereocenters. The number of Topliss-reactive ketones (excluding diaryl/α,β-unsaturated/α-hetero) is 1. The number of rotatable bonds is 4. The Balaban J connectivity index is 2.38. The normalized spacial score (nSPS) is 11.7. The van der Waals surface area contributed by atoms with Crippen LogP contribution in [0.15, 0.2) is 28.7 Å². The average molecular weight is 268 g/mol. The van der Waals surface area contributed by atoms with Crippen LogP contribution in [0, 0.1) is 0 Å². The quantitative estimate of drug-likeness (QED) is 0.788. The minimum Gasteiger partial charge on any atom is -0.497 e. The molecule has 0 spiro atoms. The second-order valence-electron chi connectivity index (χ2n) is 4.01.